The zero-order valence-corrected chi connectivity index (χ0v) is 13.8. The number of hydrogen-bond donors (Lipinski definition) is 0. The Kier molecular flexibility index (Phi) is 4.13. The van der Waals surface area contributed by atoms with E-state index in [1.807, 2.05) is 36.1 Å². The number of halogens is 1. The molecule has 1 amide bonds. The third kappa shape index (κ3) is 2.84. The predicted molar refractivity (Wildman–Crippen MR) is 87.1 cm³/mol. The van der Waals surface area contributed by atoms with Gasteiger partial charge in [-0.2, -0.15) is 0 Å². The number of rotatable bonds is 2. The average molecular weight is 321 g/mol. The first-order valence-corrected chi connectivity index (χ1v) is 8.17. The van der Waals surface area contributed by atoms with Gasteiger partial charge < -0.3 is 9.74 Å². The molecule has 0 radical (unpaired) electrons. The molecule has 118 valence electrons. The van der Waals surface area contributed by atoms with Gasteiger partial charge in [0, 0.05) is 30.1 Å². The number of nitrogens with zero attached hydrogens (tertiary/aromatic N) is 2. The van der Waals surface area contributed by atoms with Gasteiger partial charge in [-0.05, 0) is 31.7 Å². The van der Waals surface area contributed by atoms with Gasteiger partial charge in [0.05, 0.1) is 5.71 Å². The van der Waals surface area contributed by atoms with E-state index in [1.54, 1.807) is 0 Å². The van der Waals surface area contributed by atoms with Gasteiger partial charge in [-0.15, -0.1) is 0 Å². The molecule has 0 N–H and O–H groups in total. The third-order valence-electron chi connectivity index (χ3n) is 4.44. The fourth-order valence-electron chi connectivity index (χ4n) is 3.20. The van der Waals surface area contributed by atoms with E-state index in [0.717, 1.165) is 30.8 Å². The maximum absolute atomic E-state index is 12.8. The highest BCUT2D eigenvalue weighted by Crippen LogP contribution is 2.32. The number of hydrogen-bond acceptors (Lipinski definition) is 3. The number of carbonyl (C=O) groups excluding carboxylic acids is 1. The monoisotopic (exact) mass is 320 g/mol. The molecule has 5 heteroatoms. The molecule has 2 atom stereocenters. The van der Waals surface area contributed by atoms with Gasteiger partial charge in [-0.3, -0.25) is 4.79 Å². The minimum absolute atomic E-state index is 0.0323. The summed E-state index contributed by atoms with van der Waals surface area (Å²) in [5, 5.41) is 4.77. The van der Waals surface area contributed by atoms with Crippen molar-refractivity contribution >= 4 is 23.2 Å². The second kappa shape index (κ2) is 5.92. The van der Waals surface area contributed by atoms with Crippen LogP contribution in [0.1, 0.15) is 38.7 Å². The summed E-state index contributed by atoms with van der Waals surface area (Å²) >= 11 is 6.21. The highest BCUT2D eigenvalue weighted by Gasteiger charge is 2.45. The second-order valence-corrected chi connectivity index (χ2v) is 6.92. The Morgan fingerprint density at radius 1 is 1.45 bits per heavy atom. The van der Waals surface area contributed by atoms with Crippen LogP contribution in [0.5, 0.6) is 0 Å². The minimum atomic E-state index is -0.911. The van der Waals surface area contributed by atoms with E-state index in [-0.39, 0.29) is 5.91 Å². The first kappa shape index (κ1) is 15.3. The summed E-state index contributed by atoms with van der Waals surface area (Å²) in [7, 11) is 0. The van der Waals surface area contributed by atoms with Crippen molar-refractivity contribution in [1.29, 1.82) is 0 Å². The molecule has 0 aromatic heterocycles. The lowest BCUT2D eigenvalue weighted by Gasteiger charge is -2.35. The van der Waals surface area contributed by atoms with Crippen LogP contribution in [-0.4, -0.2) is 35.2 Å². The lowest BCUT2D eigenvalue weighted by Crippen LogP contribution is -2.50. The summed E-state index contributed by atoms with van der Waals surface area (Å²) in [4.78, 5) is 20.3. The van der Waals surface area contributed by atoms with Crippen molar-refractivity contribution in [3.63, 3.8) is 0 Å². The van der Waals surface area contributed by atoms with Crippen molar-refractivity contribution < 1.29 is 9.63 Å². The SMILES string of the molecule is C[C@H]1CCCN(C(=O)[C@@]2(C)CC(c3ccccc3Cl)=NO2)C1. The van der Waals surface area contributed by atoms with Crippen molar-refractivity contribution in [3.05, 3.63) is 34.9 Å². The highest BCUT2D eigenvalue weighted by molar-refractivity contribution is 6.34. The summed E-state index contributed by atoms with van der Waals surface area (Å²) < 4.78 is 0. The molecule has 0 saturated carbocycles. The summed E-state index contributed by atoms with van der Waals surface area (Å²) in [6.07, 6.45) is 2.70. The summed E-state index contributed by atoms with van der Waals surface area (Å²) in [6, 6.07) is 7.52. The molecule has 1 aromatic rings. The van der Waals surface area contributed by atoms with Crippen molar-refractivity contribution in [3.8, 4) is 0 Å². The number of piperidine rings is 1. The van der Waals surface area contributed by atoms with Crippen LogP contribution in [0.25, 0.3) is 0 Å². The highest BCUT2D eigenvalue weighted by atomic mass is 35.5. The Labute approximate surface area is 136 Å². The van der Waals surface area contributed by atoms with Crippen LogP contribution >= 0.6 is 11.6 Å². The van der Waals surface area contributed by atoms with E-state index in [2.05, 4.69) is 12.1 Å². The minimum Gasteiger partial charge on any atom is -0.379 e. The van der Waals surface area contributed by atoms with Gasteiger partial charge in [0.2, 0.25) is 5.60 Å². The molecular weight excluding hydrogens is 300 g/mol. The van der Waals surface area contributed by atoms with E-state index in [1.165, 1.54) is 6.42 Å². The van der Waals surface area contributed by atoms with Crippen LogP contribution in [-0.2, 0) is 9.63 Å². The van der Waals surface area contributed by atoms with Gasteiger partial charge in [0.1, 0.15) is 0 Å². The topological polar surface area (TPSA) is 41.9 Å². The number of amides is 1. The Morgan fingerprint density at radius 3 is 2.95 bits per heavy atom. The van der Waals surface area contributed by atoms with Crippen LogP contribution in [0.4, 0.5) is 0 Å². The van der Waals surface area contributed by atoms with Crippen molar-refractivity contribution in [2.24, 2.45) is 11.1 Å². The molecule has 1 saturated heterocycles. The van der Waals surface area contributed by atoms with Gasteiger partial charge in [-0.25, -0.2) is 0 Å². The molecule has 0 aliphatic carbocycles. The zero-order chi connectivity index (χ0) is 15.7. The van der Waals surface area contributed by atoms with Gasteiger partial charge in [0.15, 0.2) is 0 Å². The van der Waals surface area contributed by atoms with E-state index < -0.39 is 5.60 Å². The van der Waals surface area contributed by atoms with E-state index >= 15 is 0 Å². The largest absolute Gasteiger partial charge is 0.379 e. The van der Waals surface area contributed by atoms with Crippen molar-refractivity contribution in [2.45, 2.75) is 38.7 Å². The molecule has 0 unspecified atom stereocenters. The molecular formula is C17H21ClN2O2. The van der Waals surface area contributed by atoms with Gasteiger partial charge in [-0.1, -0.05) is 41.9 Å². The maximum Gasteiger partial charge on any atom is 0.269 e. The van der Waals surface area contributed by atoms with Crippen LogP contribution in [0.3, 0.4) is 0 Å². The molecule has 4 nitrogen and oxygen atoms in total. The van der Waals surface area contributed by atoms with Gasteiger partial charge in [0.25, 0.3) is 5.91 Å². The number of oxime groups is 1. The smallest absolute Gasteiger partial charge is 0.269 e. The van der Waals surface area contributed by atoms with E-state index in [4.69, 9.17) is 16.4 Å². The predicted octanol–water partition coefficient (Wildman–Crippen LogP) is 3.48. The fourth-order valence-corrected chi connectivity index (χ4v) is 3.45. The Morgan fingerprint density at radius 2 is 2.23 bits per heavy atom. The third-order valence-corrected chi connectivity index (χ3v) is 4.77. The van der Waals surface area contributed by atoms with E-state index in [9.17, 15) is 4.79 Å². The fraction of sp³-hybridized carbons (Fsp3) is 0.529. The molecule has 3 rings (SSSR count). The number of likely N-dealkylation sites (tertiary alicyclic amines) is 1. The lowest BCUT2D eigenvalue weighted by molar-refractivity contribution is -0.155. The summed E-state index contributed by atoms with van der Waals surface area (Å²) in [5.41, 5.74) is 0.671. The maximum atomic E-state index is 12.8. The Balaban J connectivity index is 1.74. The molecule has 22 heavy (non-hydrogen) atoms. The first-order chi connectivity index (χ1) is 10.5. The molecule has 2 heterocycles. The van der Waals surface area contributed by atoms with Gasteiger partial charge >= 0.3 is 0 Å². The number of carbonyl (C=O) groups is 1. The Hall–Kier alpha value is -1.55. The molecule has 0 bridgehead atoms. The van der Waals surface area contributed by atoms with E-state index in [0.29, 0.717) is 17.4 Å². The standard InChI is InChI=1S/C17H21ClN2O2/c1-12-6-5-9-20(11-12)16(21)17(2)10-15(19-22-17)13-7-3-4-8-14(13)18/h3-4,7-8,12H,5-6,9-11H2,1-2H3/t12-,17+/m0/s1. The summed E-state index contributed by atoms with van der Waals surface area (Å²) in [6.45, 7) is 5.62. The normalized spacial score (nSPS) is 28.2. The molecule has 1 aromatic carbocycles. The number of benzene rings is 1. The Bertz CT molecular complexity index is 616. The first-order valence-electron chi connectivity index (χ1n) is 7.79. The van der Waals surface area contributed by atoms with Crippen LogP contribution in [0, 0.1) is 5.92 Å². The van der Waals surface area contributed by atoms with Crippen molar-refractivity contribution in [2.75, 3.05) is 13.1 Å². The van der Waals surface area contributed by atoms with Crippen molar-refractivity contribution in [1.82, 2.24) is 4.90 Å². The van der Waals surface area contributed by atoms with Crippen LogP contribution < -0.4 is 0 Å². The van der Waals surface area contributed by atoms with Crippen LogP contribution in [0.2, 0.25) is 5.02 Å². The average Bonchev–Trinajstić information content (AvgIpc) is 2.90. The quantitative estimate of drug-likeness (QED) is 0.837. The molecule has 0 spiro atoms. The van der Waals surface area contributed by atoms with Crippen LogP contribution in [0.15, 0.2) is 29.4 Å². The molecule has 1 fully saturated rings. The second-order valence-electron chi connectivity index (χ2n) is 6.52. The zero-order valence-electron chi connectivity index (χ0n) is 13.0. The summed E-state index contributed by atoms with van der Waals surface area (Å²) in [5.74, 6) is 0.580. The molecule has 2 aliphatic heterocycles. The lowest BCUT2D eigenvalue weighted by atomic mass is 9.92. The molecule has 2 aliphatic rings.